The molecular formula is C69H66NO6P3. The summed E-state index contributed by atoms with van der Waals surface area (Å²) < 4.78 is 47.2. The monoisotopic (exact) mass is 1100 g/mol. The first kappa shape index (κ1) is 56.4. The van der Waals surface area contributed by atoms with Crippen LogP contribution in [0.3, 0.4) is 0 Å². The lowest BCUT2D eigenvalue weighted by Gasteiger charge is -2.30. The highest BCUT2D eigenvalue weighted by Crippen LogP contribution is 2.51. The van der Waals surface area contributed by atoms with E-state index in [9.17, 15) is 0 Å². The van der Waals surface area contributed by atoms with Gasteiger partial charge in [0.2, 0.25) is 38.0 Å². The topological polar surface area (TPSA) is 106 Å². The molecule has 0 unspecified atom stereocenters. The van der Waals surface area contributed by atoms with Gasteiger partial charge in [-0.2, -0.15) is 0 Å². The standard InChI is InChI=1S/C69H66NO6P3/c1-46-40-49(4)64(67(71)77(74,55-28-16-10-17-29-55)56-30-18-11-19-31-56)52(7)61(46)43-70(44-62-47(2)41-50(5)65(53(62)8)68(72)78(75,57-32-20-12-21-33-57)58-34-22-13-23-35-58)45-63-48(3)42-51(6)66(54(63)9)69(73)79(76,59-36-24-14-25-37-59)60-38-26-15-27-39-60/h10-42H,43-45H2,1-9H3. The van der Waals surface area contributed by atoms with Gasteiger partial charge in [-0.05, 0) is 129 Å². The van der Waals surface area contributed by atoms with Gasteiger partial charge in [0, 0.05) is 68.2 Å². The van der Waals surface area contributed by atoms with E-state index in [1.165, 1.54) is 0 Å². The maximum absolute atomic E-state index is 15.7. The van der Waals surface area contributed by atoms with Crippen LogP contribution in [0.2, 0.25) is 0 Å². The molecular weight excluding hydrogens is 1030 g/mol. The van der Waals surface area contributed by atoms with E-state index in [1.54, 1.807) is 72.8 Å². The average Bonchev–Trinajstić information content (AvgIpc) is 3.47. The van der Waals surface area contributed by atoms with Gasteiger partial charge >= 0.3 is 0 Å². The molecule has 9 aromatic rings. The molecule has 0 aliphatic heterocycles. The third-order valence-corrected chi connectivity index (χ3v) is 24.3. The van der Waals surface area contributed by atoms with E-state index in [0.29, 0.717) is 102 Å². The zero-order chi connectivity index (χ0) is 56.4. The molecule has 0 aliphatic rings. The first-order valence-corrected chi connectivity index (χ1v) is 31.7. The van der Waals surface area contributed by atoms with Gasteiger partial charge in [0.25, 0.3) is 0 Å². The Balaban J connectivity index is 1.22. The maximum atomic E-state index is 15.7. The summed E-state index contributed by atoms with van der Waals surface area (Å²) in [6.07, 6.45) is 0. The van der Waals surface area contributed by atoms with Gasteiger partial charge in [0.05, 0.1) is 0 Å². The zero-order valence-corrected chi connectivity index (χ0v) is 49.1. The number of carbonyl (C=O) groups excluding carboxylic acids is 3. The van der Waals surface area contributed by atoms with Crippen molar-refractivity contribution in [2.45, 2.75) is 81.9 Å². The summed E-state index contributed by atoms with van der Waals surface area (Å²) in [7, 11) is -11.7. The molecule has 0 heterocycles. The van der Waals surface area contributed by atoms with E-state index in [4.69, 9.17) is 0 Å². The second kappa shape index (κ2) is 23.2. The van der Waals surface area contributed by atoms with E-state index in [1.807, 2.05) is 190 Å². The van der Waals surface area contributed by atoms with E-state index >= 15 is 28.1 Å². The molecule has 9 rings (SSSR count). The van der Waals surface area contributed by atoms with Crippen molar-refractivity contribution in [2.75, 3.05) is 0 Å². The van der Waals surface area contributed by atoms with Crippen LogP contribution in [0.25, 0.3) is 0 Å². The number of hydrogen-bond donors (Lipinski definition) is 0. The molecule has 0 saturated carbocycles. The molecule has 0 radical (unpaired) electrons. The summed E-state index contributed by atoms with van der Waals surface area (Å²) in [6, 6.07) is 60.0. The highest BCUT2D eigenvalue weighted by atomic mass is 31.2. The van der Waals surface area contributed by atoms with Crippen LogP contribution in [0.15, 0.2) is 200 Å². The van der Waals surface area contributed by atoms with Crippen molar-refractivity contribution >= 4 is 69.8 Å². The number of carbonyl (C=O) groups is 3. The van der Waals surface area contributed by atoms with Crippen LogP contribution in [0.1, 0.15) is 97.8 Å². The van der Waals surface area contributed by atoms with Crippen LogP contribution in [-0.4, -0.2) is 21.5 Å². The predicted molar refractivity (Wildman–Crippen MR) is 327 cm³/mol. The summed E-state index contributed by atoms with van der Waals surface area (Å²) in [5.41, 5.74) is 9.54. The second-order valence-corrected chi connectivity index (χ2v) is 28.8. The minimum Gasteiger partial charge on any atom is -0.305 e. The summed E-state index contributed by atoms with van der Waals surface area (Å²) in [5, 5.41) is 2.71. The lowest BCUT2D eigenvalue weighted by Crippen LogP contribution is -2.28. The van der Waals surface area contributed by atoms with Crippen molar-refractivity contribution in [1.29, 1.82) is 0 Å². The van der Waals surface area contributed by atoms with Crippen molar-refractivity contribution in [2.24, 2.45) is 0 Å². The van der Waals surface area contributed by atoms with Crippen molar-refractivity contribution in [3.63, 3.8) is 0 Å². The Morgan fingerprint density at radius 2 is 0.468 bits per heavy atom. The van der Waals surface area contributed by atoms with Gasteiger partial charge in [-0.3, -0.25) is 19.3 Å². The van der Waals surface area contributed by atoms with Crippen molar-refractivity contribution in [1.82, 2.24) is 4.90 Å². The predicted octanol–water partition coefficient (Wildman–Crippen LogP) is 14.1. The van der Waals surface area contributed by atoms with E-state index in [0.717, 1.165) is 33.4 Å². The highest BCUT2D eigenvalue weighted by Gasteiger charge is 2.42. The maximum Gasteiger partial charge on any atom is 0.230 e. The molecule has 0 spiro atoms. The fourth-order valence-electron chi connectivity index (χ4n) is 11.7. The van der Waals surface area contributed by atoms with Crippen LogP contribution in [0.5, 0.6) is 0 Å². The normalized spacial score (nSPS) is 11.9. The minimum absolute atomic E-state index is 0.296. The Morgan fingerprint density at radius 3 is 0.646 bits per heavy atom. The molecule has 0 N–H and O–H groups in total. The van der Waals surface area contributed by atoms with Crippen LogP contribution >= 0.6 is 21.4 Å². The minimum atomic E-state index is -3.91. The number of rotatable bonds is 18. The number of benzene rings is 9. The van der Waals surface area contributed by atoms with Crippen LogP contribution in [-0.2, 0) is 33.3 Å². The average molecular weight is 1100 g/mol. The van der Waals surface area contributed by atoms with Crippen LogP contribution < -0.4 is 31.8 Å². The zero-order valence-electron chi connectivity index (χ0n) is 46.4. The molecule has 10 heteroatoms. The summed E-state index contributed by atoms with van der Waals surface area (Å²) in [6.45, 7) is 18.5. The molecule has 0 saturated heterocycles. The highest BCUT2D eigenvalue weighted by molar-refractivity contribution is 7.94. The number of aryl methyl sites for hydroxylation is 6. The van der Waals surface area contributed by atoms with Crippen LogP contribution in [0, 0.1) is 62.3 Å². The number of nitrogens with zero attached hydrogens (tertiary/aromatic N) is 1. The van der Waals surface area contributed by atoms with Gasteiger partial charge in [-0.15, -0.1) is 0 Å². The largest absolute Gasteiger partial charge is 0.305 e. The van der Waals surface area contributed by atoms with Crippen molar-refractivity contribution in [3.05, 3.63) is 284 Å². The van der Waals surface area contributed by atoms with E-state index in [-0.39, 0.29) is 0 Å². The smallest absolute Gasteiger partial charge is 0.230 e. The molecule has 79 heavy (non-hydrogen) atoms. The van der Waals surface area contributed by atoms with Gasteiger partial charge in [0.1, 0.15) is 0 Å². The first-order valence-electron chi connectivity index (χ1n) is 26.6. The summed E-state index contributed by atoms with van der Waals surface area (Å²) >= 11 is 0. The first-order chi connectivity index (χ1) is 37.8. The van der Waals surface area contributed by atoms with Gasteiger partial charge < -0.3 is 13.7 Å². The van der Waals surface area contributed by atoms with E-state index < -0.39 is 38.0 Å². The molecule has 0 atom stereocenters. The molecule has 0 aromatic heterocycles. The lowest BCUT2D eigenvalue weighted by molar-refractivity contribution is 0.106. The van der Waals surface area contributed by atoms with Gasteiger partial charge in [-0.25, -0.2) is 0 Å². The Hall–Kier alpha value is -7.36. The molecule has 0 bridgehead atoms. The molecule has 0 fully saturated rings. The molecule has 0 aliphatic carbocycles. The SMILES string of the molecule is Cc1cc(C)c(C(=O)P(=O)(c2ccccc2)c2ccccc2)c(C)c1CN(Cc1c(C)cc(C)c(C(=O)P(=O)(c2ccccc2)c2ccccc2)c1C)Cc1c(C)cc(C)c(C(=O)P(=O)(c2ccccc2)c2ccccc2)c1C. The van der Waals surface area contributed by atoms with E-state index in [2.05, 4.69) is 4.90 Å². The Labute approximate surface area is 465 Å². The molecule has 0 amide bonds. The Kier molecular flexibility index (Phi) is 16.5. The molecule has 398 valence electrons. The summed E-state index contributed by atoms with van der Waals surface area (Å²) in [5.74, 6) is 0. The second-order valence-electron chi connectivity index (χ2n) is 20.9. The van der Waals surface area contributed by atoms with Crippen molar-refractivity contribution < 1.29 is 28.1 Å². The Bertz CT molecular complexity index is 3400. The third kappa shape index (κ3) is 10.4. The lowest BCUT2D eigenvalue weighted by atomic mass is 9.90. The number of hydrogen-bond acceptors (Lipinski definition) is 7. The van der Waals surface area contributed by atoms with Crippen LogP contribution in [0.4, 0.5) is 0 Å². The third-order valence-electron chi connectivity index (χ3n) is 15.8. The van der Waals surface area contributed by atoms with Crippen molar-refractivity contribution in [3.8, 4) is 0 Å². The fourth-order valence-corrected chi connectivity index (χ4v) is 19.5. The van der Waals surface area contributed by atoms with Gasteiger partial charge in [0.15, 0.2) is 0 Å². The molecule has 7 nitrogen and oxygen atoms in total. The summed E-state index contributed by atoms with van der Waals surface area (Å²) in [4.78, 5) is 48.7. The quantitative estimate of drug-likeness (QED) is 0.0788. The Morgan fingerprint density at radius 1 is 0.291 bits per heavy atom. The van der Waals surface area contributed by atoms with Gasteiger partial charge in [-0.1, -0.05) is 200 Å². The fraction of sp³-hybridized carbons (Fsp3) is 0.174. The molecule has 9 aromatic carbocycles.